The van der Waals surface area contributed by atoms with Crippen LogP contribution in [0.3, 0.4) is 0 Å². The van der Waals surface area contributed by atoms with E-state index in [-0.39, 0.29) is 0 Å². The van der Waals surface area contributed by atoms with Gasteiger partial charge in [-0.05, 0) is 24.1 Å². The van der Waals surface area contributed by atoms with Crippen molar-refractivity contribution < 1.29 is 4.74 Å². The first-order valence-electron chi connectivity index (χ1n) is 5.58. The average molecular weight is 251 g/mol. The summed E-state index contributed by atoms with van der Waals surface area (Å²) in [7, 11) is 1.72. The van der Waals surface area contributed by atoms with Crippen LogP contribution in [0.2, 0.25) is 0 Å². The second kappa shape index (κ2) is 5.33. The van der Waals surface area contributed by atoms with Crippen molar-refractivity contribution >= 4 is 32.4 Å². The van der Waals surface area contributed by atoms with Crippen LogP contribution in [0.25, 0.3) is 10.2 Å². The maximum Gasteiger partial charge on any atom is 0.183 e. The number of fused-ring (bicyclic) bond motifs is 1. The number of thiazole rings is 1. The molecule has 1 atom stereocenters. The summed E-state index contributed by atoms with van der Waals surface area (Å²) >= 11 is 1.63. The molecule has 92 valence electrons. The number of methoxy groups -OCH3 is 1. The van der Waals surface area contributed by atoms with Gasteiger partial charge in [0.05, 0.1) is 16.8 Å². The summed E-state index contributed by atoms with van der Waals surface area (Å²) in [5, 5.41) is 4.26. The van der Waals surface area contributed by atoms with Crippen molar-refractivity contribution in [2.24, 2.45) is 5.92 Å². The van der Waals surface area contributed by atoms with E-state index in [1.807, 2.05) is 18.2 Å². The van der Waals surface area contributed by atoms with E-state index in [1.54, 1.807) is 18.4 Å². The van der Waals surface area contributed by atoms with Gasteiger partial charge in [0.1, 0.15) is 0 Å². The lowest BCUT2D eigenvalue weighted by atomic mass is 10.2. The summed E-state index contributed by atoms with van der Waals surface area (Å²) in [5.41, 5.74) is 7.51. The Hall–Kier alpha value is -1.33. The average Bonchev–Trinajstić information content (AvgIpc) is 2.68. The third kappa shape index (κ3) is 3.08. The van der Waals surface area contributed by atoms with Crippen LogP contribution in [0.15, 0.2) is 18.2 Å². The Morgan fingerprint density at radius 3 is 3.12 bits per heavy atom. The lowest BCUT2D eigenvalue weighted by Crippen LogP contribution is -2.15. The fourth-order valence-corrected chi connectivity index (χ4v) is 2.54. The Kier molecular flexibility index (Phi) is 3.81. The molecule has 2 rings (SSSR count). The highest BCUT2D eigenvalue weighted by atomic mass is 32.1. The van der Waals surface area contributed by atoms with Crippen LogP contribution in [-0.2, 0) is 4.74 Å². The third-order valence-electron chi connectivity index (χ3n) is 2.47. The monoisotopic (exact) mass is 251 g/mol. The molecule has 0 fully saturated rings. The molecule has 0 saturated heterocycles. The topological polar surface area (TPSA) is 60.2 Å². The predicted molar refractivity (Wildman–Crippen MR) is 73.6 cm³/mol. The Balaban J connectivity index is 2.04. The Labute approximate surface area is 105 Å². The Bertz CT molecular complexity index is 497. The molecule has 0 spiro atoms. The molecule has 5 heteroatoms. The van der Waals surface area contributed by atoms with Gasteiger partial charge in [-0.1, -0.05) is 18.3 Å². The van der Waals surface area contributed by atoms with Gasteiger partial charge in [0.2, 0.25) is 0 Å². The lowest BCUT2D eigenvalue weighted by Gasteiger charge is -2.09. The summed E-state index contributed by atoms with van der Waals surface area (Å²) < 4.78 is 6.21. The van der Waals surface area contributed by atoms with Crippen LogP contribution >= 0.6 is 11.3 Å². The fourth-order valence-electron chi connectivity index (χ4n) is 1.62. The number of aromatic nitrogens is 1. The van der Waals surface area contributed by atoms with E-state index in [1.165, 1.54) is 0 Å². The Morgan fingerprint density at radius 2 is 2.35 bits per heavy atom. The van der Waals surface area contributed by atoms with Crippen molar-refractivity contribution in [1.29, 1.82) is 0 Å². The normalized spacial score (nSPS) is 12.8. The number of nitrogens with zero attached hydrogens (tertiary/aromatic N) is 1. The zero-order chi connectivity index (χ0) is 12.3. The van der Waals surface area contributed by atoms with Gasteiger partial charge >= 0.3 is 0 Å². The number of ether oxygens (including phenoxy) is 1. The summed E-state index contributed by atoms with van der Waals surface area (Å²) in [4.78, 5) is 4.50. The van der Waals surface area contributed by atoms with E-state index in [4.69, 9.17) is 10.5 Å². The molecule has 2 aromatic rings. The molecule has 3 N–H and O–H groups in total. The second-order valence-corrected chi connectivity index (χ2v) is 5.22. The van der Waals surface area contributed by atoms with Gasteiger partial charge in [-0.3, -0.25) is 0 Å². The molecule has 0 bridgehead atoms. The van der Waals surface area contributed by atoms with Crippen LogP contribution in [-0.4, -0.2) is 25.2 Å². The van der Waals surface area contributed by atoms with Crippen molar-refractivity contribution in [3.05, 3.63) is 18.2 Å². The second-order valence-electron chi connectivity index (χ2n) is 4.19. The third-order valence-corrected chi connectivity index (χ3v) is 3.44. The van der Waals surface area contributed by atoms with Gasteiger partial charge in [0.25, 0.3) is 0 Å². The summed E-state index contributed by atoms with van der Waals surface area (Å²) in [6.45, 7) is 3.76. The summed E-state index contributed by atoms with van der Waals surface area (Å²) in [6.07, 6.45) is 0. The van der Waals surface area contributed by atoms with Gasteiger partial charge in [0, 0.05) is 19.3 Å². The highest BCUT2D eigenvalue weighted by Crippen LogP contribution is 2.27. The molecule has 1 unspecified atom stereocenters. The van der Waals surface area contributed by atoms with Gasteiger partial charge in [-0.25, -0.2) is 4.98 Å². The lowest BCUT2D eigenvalue weighted by molar-refractivity contribution is 0.164. The molecule has 1 aromatic carbocycles. The van der Waals surface area contributed by atoms with E-state index in [0.29, 0.717) is 5.92 Å². The molecule has 1 aromatic heterocycles. The highest BCUT2D eigenvalue weighted by molar-refractivity contribution is 7.22. The van der Waals surface area contributed by atoms with Crippen LogP contribution in [0.4, 0.5) is 10.8 Å². The molecule has 0 amide bonds. The van der Waals surface area contributed by atoms with Crippen molar-refractivity contribution in [3.63, 3.8) is 0 Å². The number of hydrogen-bond donors (Lipinski definition) is 2. The SMILES string of the molecule is COCC(C)CNc1nc2ccc(N)cc2s1. The van der Waals surface area contributed by atoms with Crippen LogP contribution < -0.4 is 11.1 Å². The molecule has 1 heterocycles. The fraction of sp³-hybridized carbons (Fsp3) is 0.417. The van der Waals surface area contributed by atoms with E-state index in [2.05, 4.69) is 17.2 Å². The zero-order valence-corrected chi connectivity index (χ0v) is 10.9. The first-order chi connectivity index (χ1) is 8.19. The zero-order valence-electron chi connectivity index (χ0n) is 10.1. The molecule has 0 aliphatic carbocycles. The molecule has 4 nitrogen and oxygen atoms in total. The molecule has 0 saturated carbocycles. The smallest absolute Gasteiger partial charge is 0.183 e. The van der Waals surface area contributed by atoms with Gasteiger partial charge in [-0.15, -0.1) is 0 Å². The number of hydrogen-bond acceptors (Lipinski definition) is 5. The minimum Gasteiger partial charge on any atom is -0.399 e. The molecule has 0 radical (unpaired) electrons. The van der Waals surface area contributed by atoms with E-state index in [9.17, 15) is 0 Å². The maximum absolute atomic E-state index is 5.74. The first kappa shape index (κ1) is 12.1. The van der Waals surface area contributed by atoms with Gasteiger partial charge in [-0.2, -0.15) is 0 Å². The predicted octanol–water partition coefficient (Wildman–Crippen LogP) is 2.57. The molecular formula is C12H17N3OS. The molecule has 0 aliphatic rings. The number of anilines is 2. The number of nitrogens with two attached hydrogens (primary N) is 1. The minimum atomic E-state index is 0.470. The van der Waals surface area contributed by atoms with Crippen LogP contribution in [0.5, 0.6) is 0 Å². The maximum atomic E-state index is 5.74. The standard InChI is InChI=1S/C12H17N3OS/c1-8(7-16-2)6-14-12-15-10-4-3-9(13)5-11(10)17-12/h3-5,8H,6-7,13H2,1-2H3,(H,14,15). The number of nitrogen functional groups attached to an aromatic ring is 1. The molecule has 17 heavy (non-hydrogen) atoms. The van der Waals surface area contributed by atoms with E-state index >= 15 is 0 Å². The summed E-state index contributed by atoms with van der Waals surface area (Å²) in [6, 6.07) is 5.78. The van der Waals surface area contributed by atoms with Gasteiger partial charge < -0.3 is 15.8 Å². The van der Waals surface area contributed by atoms with Crippen molar-refractivity contribution in [2.75, 3.05) is 31.3 Å². The summed E-state index contributed by atoms with van der Waals surface area (Å²) in [5.74, 6) is 0.470. The van der Waals surface area contributed by atoms with E-state index in [0.717, 1.165) is 34.2 Å². The number of benzene rings is 1. The molecular weight excluding hydrogens is 234 g/mol. The van der Waals surface area contributed by atoms with E-state index < -0.39 is 0 Å². The van der Waals surface area contributed by atoms with Crippen molar-refractivity contribution in [3.8, 4) is 0 Å². The highest BCUT2D eigenvalue weighted by Gasteiger charge is 2.06. The minimum absolute atomic E-state index is 0.470. The van der Waals surface area contributed by atoms with Crippen LogP contribution in [0, 0.1) is 5.92 Å². The largest absolute Gasteiger partial charge is 0.399 e. The number of nitrogens with one attached hydrogen (secondary N) is 1. The quantitative estimate of drug-likeness (QED) is 0.802. The van der Waals surface area contributed by atoms with Crippen molar-refractivity contribution in [1.82, 2.24) is 4.98 Å². The number of rotatable bonds is 5. The Morgan fingerprint density at radius 1 is 1.53 bits per heavy atom. The van der Waals surface area contributed by atoms with Crippen molar-refractivity contribution in [2.45, 2.75) is 6.92 Å². The molecule has 0 aliphatic heterocycles. The van der Waals surface area contributed by atoms with Gasteiger partial charge in [0.15, 0.2) is 5.13 Å². The first-order valence-corrected chi connectivity index (χ1v) is 6.39. The van der Waals surface area contributed by atoms with Crippen LogP contribution in [0.1, 0.15) is 6.92 Å².